The number of anilines is 1. The summed E-state index contributed by atoms with van der Waals surface area (Å²) in [6.07, 6.45) is -3.38. The van der Waals surface area contributed by atoms with Crippen LogP contribution in [0.15, 0.2) is 58.6 Å². The number of nitrogens with zero attached hydrogens (tertiary/aromatic N) is 1. The van der Waals surface area contributed by atoms with Crippen LogP contribution in [0.1, 0.15) is 11.1 Å². The highest BCUT2D eigenvalue weighted by molar-refractivity contribution is 9.10. The maximum Gasteiger partial charge on any atom is 0.416 e. The molecule has 0 unspecified atom stereocenters. The normalized spacial score (nSPS) is 16.7. The van der Waals surface area contributed by atoms with E-state index in [2.05, 4.69) is 15.9 Å². The molecule has 1 aliphatic heterocycles. The molecule has 5 nitrogen and oxygen atoms in total. The van der Waals surface area contributed by atoms with Gasteiger partial charge in [-0.25, -0.2) is 9.69 Å². The minimum atomic E-state index is -4.64. The summed E-state index contributed by atoms with van der Waals surface area (Å²) in [7, 11) is 0. The minimum Gasteiger partial charge on any atom is -0.273 e. The summed E-state index contributed by atoms with van der Waals surface area (Å²) in [6.45, 7) is 0. The van der Waals surface area contributed by atoms with Gasteiger partial charge in [0.15, 0.2) is 0 Å². The van der Waals surface area contributed by atoms with Gasteiger partial charge in [0.05, 0.1) is 11.3 Å². The second-order valence-electron chi connectivity index (χ2n) is 5.56. The van der Waals surface area contributed by atoms with Gasteiger partial charge < -0.3 is 0 Å². The third kappa shape index (κ3) is 3.92. The number of urea groups is 1. The zero-order chi connectivity index (χ0) is 19.8. The lowest BCUT2D eigenvalue weighted by atomic mass is 10.1. The van der Waals surface area contributed by atoms with E-state index in [-0.39, 0.29) is 11.3 Å². The smallest absolute Gasteiger partial charge is 0.273 e. The number of benzene rings is 2. The summed E-state index contributed by atoms with van der Waals surface area (Å²) in [5.74, 6) is -1.93. The fourth-order valence-corrected chi connectivity index (χ4v) is 2.70. The van der Waals surface area contributed by atoms with Gasteiger partial charge in [-0.05, 0) is 42.0 Å². The van der Waals surface area contributed by atoms with Crippen molar-refractivity contribution in [1.82, 2.24) is 5.32 Å². The number of imide groups is 2. The number of hydrogen-bond donors (Lipinski definition) is 1. The standard InChI is InChI=1S/C18H10BrF3N2O3/c19-12-6-4-10(5-7-12)8-14-15(25)23-17(27)24(16(14)26)13-3-1-2-11(9-13)18(20,21)22/h1-9H,(H,23,25,27). The first kappa shape index (κ1) is 18.8. The van der Waals surface area contributed by atoms with Gasteiger partial charge in [-0.1, -0.05) is 34.1 Å². The maximum absolute atomic E-state index is 12.9. The SMILES string of the molecule is O=C1NC(=O)N(c2cccc(C(F)(F)F)c2)C(=O)C1=Cc1ccc(Br)cc1. The Morgan fingerprint density at radius 2 is 1.67 bits per heavy atom. The fourth-order valence-electron chi connectivity index (χ4n) is 2.44. The van der Waals surface area contributed by atoms with Gasteiger partial charge in [0, 0.05) is 4.47 Å². The topological polar surface area (TPSA) is 66.5 Å². The Hall–Kier alpha value is -2.94. The van der Waals surface area contributed by atoms with E-state index in [1.165, 1.54) is 12.1 Å². The first-order valence-corrected chi connectivity index (χ1v) is 8.30. The number of hydrogen-bond acceptors (Lipinski definition) is 3. The van der Waals surface area contributed by atoms with Gasteiger partial charge in [0.25, 0.3) is 11.8 Å². The maximum atomic E-state index is 12.9. The van der Waals surface area contributed by atoms with Crippen molar-refractivity contribution in [2.24, 2.45) is 0 Å². The minimum absolute atomic E-state index is 0.290. The van der Waals surface area contributed by atoms with Crippen LogP contribution in [0, 0.1) is 0 Å². The predicted molar refractivity (Wildman–Crippen MR) is 94.6 cm³/mol. The summed E-state index contributed by atoms with van der Waals surface area (Å²) in [5.41, 5.74) is -1.16. The van der Waals surface area contributed by atoms with Gasteiger partial charge in [0.2, 0.25) is 0 Å². The van der Waals surface area contributed by atoms with Crippen LogP contribution in [-0.4, -0.2) is 17.8 Å². The number of carbonyl (C=O) groups excluding carboxylic acids is 3. The summed E-state index contributed by atoms with van der Waals surface area (Å²) >= 11 is 3.25. The van der Waals surface area contributed by atoms with Crippen LogP contribution in [0.3, 0.4) is 0 Å². The van der Waals surface area contributed by atoms with Crippen LogP contribution in [0.5, 0.6) is 0 Å². The zero-order valence-corrected chi connectivity index (χ0v) is 15.0. The van der Waals surface area contributed by atoms with E-state index < -0.39 is 29.6 Å². The molecule has 0 atom stereocenters. The van der Waals surface area contributed by atoms with E-state index in [1.807, 2.05) is 5.32 Å². The Labute approximate surface area is 159 Å². The number of barbiturate groups is 1. The van der Waals surface area contributed by atoms with Gasteiger partial charge in [-0.3, -0.25) is 14.9 Å². The average Bonchev–Trinajstić information content (AvgIpc) is 2.59. The van der Waals surface area contributed by atoms with E-state index in [0.717, 1.165) is 16.6 Å². The Balaban J connectivity index is 2.02. The number of halogens is 4. The summed E-state index contributed by atoms with van der Waals surface area (Å²) in [5, 5.41) is 1.97. The molecule has 9 heteroatoms. The molecule has 138 valence electrons. The molecule has 4 amide bonds. The van der Waals surface area contributed by atoms with Crippen LogP contribution >= 0.6 is 15.9 Å². The summed E-state index contributed by atoms with van der Waals surface area (Å²) < 4.78 is 39.5. The highest BCUT2D eigenvalue weighted by Gasteiger charge is 2.38. The average molecular weight is 439 g/mol. The first-order valence-electron chi connectivity index (χ1n) is 7.51. The second kappa shape index (κ2) is 6.99. The van der Waals surface area contributed by atoms with Crippen molar-refractivity contribution in [2.75, 3.05) is 4.90 Å². The van der Waals surface area contributed by atoms with E-state index in [0.29, 0.717) is 16.5 Å². The van der Waals surface area contributed by atoms with Gasteiger partial charge in [-0.2, -0.15) is 13.2 Å². The van der Waals surface area contributed by atoms with Crippen LogP contribution in [0.4, 0.5) is 23.7 Å². The van der Waals surface area contributed by atoms with Gasteiger partial charge in [0.1, 0.15) is 5.57 Å². The molecular formula is C18H10BrF3N2O3. The van der Waals surface area contributed by atoms with Crippen molar-refractivity contribution in [3.05, 3.63) is 69.7 Å². The molecule has 1 fully saturated rings. The molecule has 0 spiro atoms. The van der Waals surface area contributed by atoms with E-state index in [1.54, 1.807) is 24.3 Å². The number of alkyl halides is 3. The van der Waals surface area contributed by atoms with Crippen LogP contribution in [0.25, 0.3) is 6.08 Å². The Kier molecular flexibility index (Phi) is 4.88. The Bertz CT molecular complexity index is 969. The van der Waals surface area contributed by atoms with Crippen molar-refractivity contribution in [3.63, 3.8) is 0 Å². The third-order valence-corrected chi connectivity index (χ3v) is 4.24. The number of nitrogens with one attached hydrogen (secondary N) is 1. The monoisotopic (exact) mass is 438 g/mol. The van der Waals surface area contributed by atoms with Crippen LogP contribution in [0.2, 0.25) is 0 Å². The van der Waals surface area contributed by atoms with Crippen molar-refractivity contribution in [3.8, 4) is 0 Å². The van der Waals surface area contributed by atoms with Crippen molar-refractivity contribution >= 4 is 45.5 Å². The lowest BCUT2D eigenvalue weighted by Crippen LogP contribution is -2.54. The Morgan fingerprint density at radius 1 is 1.00 bits per heavy atom. The number of amides is 4. The molecule has 1 N–H and O–H groups in total. The number of rotatable bonds is 2. The largest absolute Gasteiger partial charge is 0.416 e. The molecule has 1 saturated heterocycles. The fraction of sp³-hybridized carbons (Fsp3) is 0.0556. The Morgan fingerprint density at radius 3 is 2.30 bits per heavy atom. The van der Waals surface area contributed by atoms with E-state index in [9.17, 15) is 27.6 Å². The quantitative estimate of drug-likeness (QED) is 0.566. The summed E-state index contributed by atoms with van der Waals surface area (Å²) in [6, 6.07) is 9.26. The molecule has 0 aliphatic carbocycles. The molecule has 0 bridgehead atoms. The van der Waals surface area contributed by atoms with E-state index in [4.69, 9.17) is 0 Å². The molecule has 1 aliphatic rings. The van der Waals surface area contributed by atoms with Crippen molar-refractivity contribution in [2.45, 2.75) is 6.18 Å². The highest BCUT2D eigenvalue weighted by Crippen LogP contribution is 2.32. The van der Waals surface area contributed by atoms with Crippen LogP contribution < -0.4 is 10.2 Å². The molecule has 0 aromatic heterocycles. The first-order chi connectivity index (χ1) is 12.7. The molecule has 2 aromatic rings. The highest BCUT2D eigenvalue weighted by atomic mass is 79.9. The molecule has 1 heterocycles. The zero-order valence-electron chi connectivity index (χ0n) is 13.4. The second-order valence-corrected chi connectivity index (χ2v) is 6.47. The molecular weight excluding hydrogens is 429 g/mol. The molecule has 27 heavy (non-hydrogen) atoms. The lowest BCUT2D eigenvalue weighted by Gasteiger charge is -2.26. The van der Waals surface area contributed by atoms with Crippen molar-refractivity contribution in [1.29, 1.82) is 0 Å². The molecule has 0 saturated carbocycles. The van der Waals surface area contributed by atoms with Gasteiger partial charge in [-0.15, -0.1) is 0 Å². The third-order valence-electron chi connectivity index (χ3n) is 3.71. The summed E-state index contributed by atoms with van der Waals surface area (Å²) in [4.78, 5) is 37.3. The van der Waals surface area contributed by atoms with Crippen molar-refractivity contribution < 1.29 is 27.6 Å². The van der Waals surface area contributed by atoms with E-state index >= 15 is 0 Å². The predicted octanol–water partition coefficient (Wildman–Crippen LogP) is 4.13. The van der Waals surface area contributed by atoms with Crippen LogP contribution in [-0.2, 0) is 15.8 Å². The lowest BCUT2D eigenvalue weighted by molar-refractivity contribution is -0.137. The molecule has 0 radical (unpaired) electrons. The molecule has 2 aromatic carbocycles. The molecule has 3 rings (SSSR count). The van der Waals surface area contributed by atoms with Gasteiger partial charge >= 0.3 is 12.2 Å². The number of carbonyl (C=O) groups is 3.